The number of amides is 1. The minimum atomic E-state index is -0.305. The maximum Gasteiger partial charge on any atom is 0.229 e. The fourth-order valence-corrected chi connectivity index (χ4v) is 4.59. The number of halogens is 1. The molecule has 0 radical (unpaired) electrons. The number of hydrogen-bond donors (Lipinski definition) is 1. The molecule has 0 aliphatic carbocycles. The van der Waals surface area contributed by atoms with Gasteiger partial charge in [-0.25, -0.2) is 14.4 Å². The van der Waals surface area contributed by atoms with Gasteiger partial charge in [-0.05, 0) is 62.6 Å². The van der Waals surface area contributed by atoms with E-state index in [1.54, 1.807) is 37.1 Å². The van der Waals surface area contributed by atoms with Crippen LogP contribution < -0.4 is 10.2 Å². The molecule has 1 aliphatic heterocycles. The summed E-state index contributed by atoms with van der Waals surface area (Å²) in [4.78, 5) is 25.3. The summed E-state index contributed by atoms with van der Waals surface area (Å²) in [5.41, 5.74) is 2.58. The molecule has 0 bridgehead atoms. The summed E-state index contributed by atoms with van der Waals surface area (Å²) >= 11 is 1.58. The number of nitrogens with one attached hydrogen (secondary N) is 1. The molecule has 1 saturated heterocycles. The summed E-state index contributed by atoms with van der Waals surface area (Å²) in [6.45, 7) is 5.26. The maximum atomic E-state index is 13.4. The molecule has 0 unspecified atom stereocenters. The number of nitrogens with zero attached hydrogens (tertiary/aromatic N) is 3. The van der Waals surface area contributed by atoms with Gasteiger partial charge in [0, 0.05) is 36.1 Å². The van der Waals surface area contributed by atoms with Crippen molar-refractivity contribution in [2.75, 3.05) is 23.3 Å². The van der Waals surface area contributed by atoms with Gasteiger partial charge in [0.15, 0.2) is 5.82 Å². The van der Waals surface area contributed by atoms with Crippen LogP contribution in [0.25, 0.3) is 0 Å². The maximum absolute atomic E-state index is 13.4. The van der Waals surface area contributed by atoms with Crippen molar-refractivity contribution in [3.63, 3.8) is 0 Å². The summed E-state index contributed by atoms with van der Waals surface area (Å²) in [6.07, 6.45) is 5.10. The quantitative estimate of drug-likeness (QED) is 0.593. The topological polar surface area (TPSA) is 58.1 Å². The third-order valence-electron chi connectivity index (χ3n) is 5.42. The predicted molar refractivity (Wildman–Crippen MR) is 122 cm³/mol. The molecule has 1 amide bonds. The lowest BCUT2D eigenvalue weighted by molar-refractivity contribution is -0.120. The first-order valence-corrected chi connectivity index (χ1v) is 11.2. The van der Waals surface area contributed by atoms with Crippen LogP contribution in [0.4, 0.5) is 15.9 Å². The Balaban J connectivity index is 1.48. The Kier molecular flexibility index (Phi) is 6.51. The van der Waals surface area contributed by atoms with Gasteiger partial charge in [-0.15, -0.1) is 0 Å². The molecular formula is C24H25FN4OS. The summed E-state index contributed by atoms with van der Waals surface area (Å²) in [6, 6.07) is 12.7. The molecule has 1 atom stereocenters. The number of rotatable bonds is 5. The van der Waals surface area contributed by atoms with Gasteiger partial charge in [0.1, 0.15) is 10.8 Å². The lowest BCUT2D eigenvalue weighted by atomic mass is 9.97. The first-order chi connectivity index (χ1) is 15.0. The molecule has 1 N–H and O–H groups in total. The van der Waals surface area contributed by atoms with E-state index in [0.29, 0.717) is 17.8 Å². The Morgan fingerprint density at radius 2 is 1.90 bits per heavy atom. The van der Waals surface area contributed by atoms with E-state index in [0.717, 1.165) is 35.1 Å². The number of hydrogen-bond acceptors (Lipinski definition) is 5. The third kappa shape index (κ3) is 5.22. The lowest BCUT2D eigenvalue weighted by Gasteiger charge is -2.33. The molecule has 5 nitrogen and oxygen atoms in total. The summed E-state index contributed by atoms with van der Waals surface area (Å²) in [5, 5.41) is 3.80. The van der Waals surface area contributed by atoms with E-state index in [9.17, 15) is 9.18 Å². The molecule has 3 aromatic rings. The van der Waals surface area contributed by atoms with Gasteiger partial charge in [-0.2, -0.15) is 0 Å². The monoisotopic (exact) mass is 436 g/mol. The summed E-state index contributed by atoms with van der Waals surface area (Å²) in [5.74, 6) is 0.289. The van der Waals surface area contributed by atoms with Gasteiger partial charge in [0.25, 0.3) is 0 Å². The van der Waals surface area contributed by atoms with E-state index in [1.165, 1.54) is 17.7 Å². The molecule has 31 heavy (non-hydrogen) atoms. The smallest absolute Gasteiger partial charge is 0.229 e. The average molecular weight is 437 g/mol. The van der Waals surface area contributed by atoms with E-state index >= 15 is 0 Å². The first-order valence-electron chi connectivity index (χ1n) is 10.4. The molecule has 0 saturated carbocycles. The minimum absolute atomic E-state index is 0.0453. The van der Waals surface area contributed by atoms with E-state index in [4.69, 9.17) is 0 Å². The van der Waals surface area contributed by atoms with Crippen molar-refractivity contribution in [2.45, 2.75) is 36.6 Å². The molecule has 1 fully saturated rings. The largest absolute Gasteiger partial charge is 0.354 e. The van der Waals surface area contributed by atoms with Crippen LogP contribution in [0, 0.1) is 25.6 Å². The first kappa shape index (κ1) is 21.3. The van der Waals surface area contributed by atoms with Crippen LogP contribution in [0.5, 0.6) is 0 Å². The zero-order valence-electron chi connectivity index (χ0n) is 17.6. The van der Waals surface area contributed by atoms with Crippen LogP contribution in [-0.2, 0) is 4.79 Å². The van der Waals surface area contributed by atoms with Crippen LogP contribution in [0.3, 0.4) is 0 Å². The highest BCUT2D eigenvalue weighted by Gasteiger charge is 2.28. The summed E-state index contributed by atoms with van der Waals surface area (Å²) in [7, 11) is 0. The second-order valence-electron chi connectivity index (χ2n) is 7.83. The standard InChI is InChI=1S/C24H25FN4OS/c1-16-5-8-20(9-6-16)31-24-22(26-11-12-27-24)29-13-3-4-18(15-29)23(30)28-21-10-7-19(25)14-17(21)2/h5-12,14,18H,3-4,13,15H2,1-2H3,(H,28,30)/t18-/m0/s1. The van der Waals surface area contributed by atoms with Gasteiger partial charge in [-0.1, -0.05) is 29.5 Å². The number of piperidine rings is 1. The van der Waals surface area contributed by atoms with Crippen molar-refractivity contribution in [1.82, 2.24) is 9.97 Å². The Morgan fingerprint density at radius 1 is 1.13 bits per heavy atom. The van der Waals surface area contributed by atoms with Crippen LogP contribution >= 0.6 is 11.8 Å². The van der Waals surface area contributed by atoms with E-state index in [-0.39, 0.29) is 17.6 Å². The SMILES string of the molecule is Cc1ccc(Sc2nccnc2N2CCC[C@H](C(=O)Nc3ccc(F)cc3C)C2)cc1. The van der Waals surface area contributed by atoms with E-state index < -0.39 is 0 Å². The number of aromatic nitrogens is 2. The number of anilines is 2. The normalized spacial score (nSPS) is 16.2. The summed E-state index contributed by atoms with van der Waals surface area (Å²) < 4.78 is 13.4. The number of carbonyl (C=O) groups is 1. The van der Waals surface area contributed by atoms with Crippen molar-refractivity contribution in [3.8, 4) is 0 Å². The van der Waals surface area contributed by atoms with E-state index in [2.05, 4.69) is 51.4 Å². The predicted octanol–water partition coefficient (Wildman–Crippen LogP) is 5.24. The fourth-order valence-electron chi connectivity index (χ4n) is 3.71. The van der Waals surface area contributed by atoms with Crippen molar-refractivity contribution in [1.29, 1.82) is 0 Å². The fraction of sp³-hybridized carbons (Fsp3) is 0.292. The average Bonchev–Trinajstić information content (AvgIpc) is 2.78. The Morgan fingerprint density at radius 3 is 2.68 bits per heavy atom. The second-order valence-corrected chi connectivity index (χ2v) is 8.90. The van der Waals surface area contributed by atoms with Crippen molar-refractivity contribution in [2.24, 2.45) is 5.92 Å². The van der Waals surface area contributed by atoms with E-state index in [1.807, 2.05) is 0 Å². The second kappa shape index (κ2) is 9.47. The van der Waals surface area contributed by atoms with Crippen molar-refractivity contribution in [3.05, 3.63) is 71.8 Å². The zero-order valence-corrected chi connectivity index (χ0v) is 18.5. The Hall–Kier alpha value is -2.93. The van der Waals surface area contributed by atoms with Gasteiger partial charge in [-0.3, -0.25) is 4.79 Å². The number of aryl methyl sites for hydroxylation is 2. The van der Waals surface area contributed by atoms with Crippen LogP contribution in [0.15, 0.2) is 64.8 Å². The van der Waals surface area contributed by atoms with Gasteiger partial charge in [0.2, 0.25) is 5.91 Å². The molecule has 7 heteroatoms. The highest BCUT2D eigenvalue weighted by atomic mass is 32.2. The highest BCUT2D eigenvalue weighted by Crippen LogP contribution is 2.34. The minimum Gasteiger partial charge on any atom is -0.354 e. The van der Waals surface area contributed by atoms with Crippen molar-refractivity contribution >= 4 is 29.2 Å². The molecular weight excluding hydrogens is 411 g/mol. The van der Waals surface area contributed by atoms with Gasteiger partial charge in [0.05, 0.1) is 5.92 Å². The van der Waals surface area contributed by atoms with Crippen LogP contribution in [0.2, 0.25) is 0 Å². The molecule has 1 aromatic heterocycles. The molecule has 2 aromatic carbocycles. The van der Waals surface area contributed by atoms with Crippen molar-refractivity contribution < 1.29 is 9.18 Å². The number of benzene rings is 2. The lowest BCUT2D eigenvalue weighted by Crippen LogP contribution is -2.41. The molecule has 0 spiro atoms. The molecule has 160 valence electrons. The molecule has 2 heterocycles. The van der Waals surface area contributed by atoms with Gasteiger partial charge >= 0.3 is 0 Å². The Labute approximate surface area is 186 Å². The van der Waals surface area contributed by atoms with Crippen LogP contribution in [0.1, 0.15) is 24.0 Å². The Bertz CT molecular complexity index is 1070. The zero-order chi connectivity index (χ0) is 21.8. The van der Waals surface area contributed by atoms with Gasteiger partial charge < -0.3 is 10.2 Å². The molecule has 1 aliphatic rings. The number of carbonyl (C=O) groups excluding carboxylic acids is 1. The molecule has 4 rings (SSSR count). The van der Waals surface area contributed by atoms with Crippen LogP contribution in [-0.4, -0.2) is 29.0 Å². The highest BCUT2D eigenvalue weighted by molar-refractivity contribution is 7.99. The third-order valence-corrected chi connectivity index (χ3v) is 6.41.